The molecule has 0 spiro atoms. The van der Waals surface area contributed by atoms with Gasteiger partial charge in [-0.05, 0) is 30.2 Å². The lowest BCUT2D eigenvalue weighted by Crippen LogP contribution is -2.39. The van der Waals surface area contributed by atoms with Gasteiger partial charge in [-0.25, -0.2) is 9.36 Å². The summed E-state index contributed by atoms with van der Waals surface area (Å²) in [4.78, 5) is 38.6. The van der Waals surface area contributed by atoms with Crippen LogP contribution in [0.15, 0.2) is 58.3 Å². The number of nitrogens with one attached hydrogen (secondary N) is 2. The van der Waals surface area contributed by atoms with E-state index in [-0.39, 0.29) is 31.1 Å². The van der Waals surface area contributed by atoms with Crippen molar-refractivity contribution in [3.63, 3.8) is 0 Å². The topological polar surface area (TPSA) is 158 Å². The van der Waals surface area contributed by atoms with Gasteiger partial charge in [0.2, 0.25) is 5.82 Å². The number of aliphatic hydroxyl groups excluding tert-OH is 1. The number of aromatic amines is 1. The van der Waals surface area contributed by atoms with Crippen LogP contribution >= 0.6 is 7.75 Å². The first-order valence-corrected chi connectivity index (χ1v) is 16.2. The molecule has 1 aromatic heterocycles. The fourth-order valence-electron chi connectivity index (χ4n) is 4.87. The molecule has 4 rings (SSSR count). The molecule has 0 aliphatic carbocycles. The number of fused-ring (bicyclic) bond motifs is 1. The Morgan fingerprint density at radius 2 is 1.95 bits per heavy atom. The van der Waals surface area contributed by atoms with Crippen LogP contribution in [0.1, 0.15) is 59.1 Å². The molecule has 0 radical (unpaired) electrons. The summed E-state index contributed by atoms with van der Waals surface area (Å²) in [6.45, 7) is 5.58. The summed E-state index contributed by atoms with van der Waals surface area (Å²) in [6.07, 6.45) is -0.0844. The number of hydrogen-bond acceptors (Lipinski definition) is 9. The molecule has 2 heterocycles. The fourth-order valence-corrected chi connectivity index (χ4v) is 6.40. The van der Waals surface area contributed by atoms with Crippen LogP contribution in [0, 0.1) is 11.7 Å². The smallest absolute Gasteiger partial charge is 0.459 e. The van der Waals surface area contributed by atoms with Gasteiger partial charge in [0, 0.05) is 11.8 Å². The van der Waals surface area contributed by atoms with Crippen molar-refractivity contribution < 1.29 is 37.4 Å². The van der Waals surface area contributed by atoms with Crippen LogP contribution in [0.3, 0.4) is 0 Å². The molecule has 0 bridgehead atoms. The zero-order valence-electron chi connectivity index (χ0n) is 24.9. The summed E-state index contributed by atoms with van der Waals surface area (Å²) in [7, 11) is -4.37. The summed E-state index contributed by atoms with van der Waals surface area (Å²) in [6, 6.07) is 11.5. The zero-order chi connectivity index (χ0) is 31.9. The van der Waals surface area contributed by atoms with E-state index in [9.17, 15) is 28.4 Å². The van der Waals surface area contributed by atoms with Crippen molar-refractivity contribution in [3.8, 4) is 5.75 Å². The van der Waals surface area contributed by atoms with E-state index >= 15 is 0 Å². The number of rotatable bonds is 15. The van der Waals surface area contributed by atoms with Crippen molar-refractivity contribution in [2.24, 2.45) is 5.92 Å². The van der Waals surface area contributed by atoms with Gasteiger partial charge in [0.15, 0.2) is 0 Å². The van der Waals surface area contributed by atoms with Gasteiger partial charge in [-0.3, -0.25) is 23.7 Å². The van der Waals surface area contributed by atoms with Crippen LogP contribution in [0.5, 0.6) is 5.75 Å². The first-order chi connectivity index (χ1) is 21.0. The predicted molar refractivity (Wildman–Crippen MR) is 161 cm³/mol. The Labute approximate surface area is 254 Å². The van der Waals surface area contributed by atoms with Crippen LogP contribution < -0.4 is 20.9 Å². The van der Waals surface area contributed by atoms with Gasteiger partial charge in [0.25, 0.3) is 5.56 Å². The molecule has 0 saturated carbocycles. The number of aromatic nitrogens is 2. The molecule has 3 aromatic rings. The molecule has 14 heteroatoms. The minimum Gasteiger partial charge on any atom is -0.465 e. The lowest BCUT2D eigenvalue weighted by Gasteiger charge is -2.27. The van der Waals surface area contributed by atoms with Gasteiger partial charge in [-0.2, -0.15) is 9.48 Å². The zero-order valence-corrected chi connectivity index (χ0v) is 25.8. The first-order valence-electron chi connectivity index (χ1n) is 14.7. The number of aliphatic hydroxyl groups is 1. The van der Waals surface area contributed by atoms with Crippen LogP contribution in [0.2, 0.25) is 0 Å². The first kappa shape index (κ1) is 33.5. The minimum atomic E-state index is -4.37. The van der Waals surface area contributed by atoms with Gasteiger partial charge in [0.1, 0.15) is 24.1 Å². The molecule has 1 aliphatic rings. The Morgan fingerprint density at radius 3 is 2.70 bits per heavy atom. The number of halogens is 1. The van der Waals surface area contributed by atoms with Crippen molar-refractivity contribution >= 4 is 24.5 Å². The van der Waals surface area contributed by atoms with E-state index in [1.54, 1.807) is 24.3 Å². The number of carbonyl (C=O) groups excluding carboxylic acids is 1. The third-order valence-electron chi connectivity index (χ3n) is 7.11. The third kappa shape index (κ3) is 8.64. The molecular weight excluding hydrogens is 596 g/mol. The molecular formula is C30H39FN3O9P. The van der Waals surface area contributed by atoms with Crippen LogP contribution in [-0.2, 0) is 23.4 Å². The second-order valence-corrected chi connectivity index (χ2v) is 12.8. The summed E-state index contributed by atoms with van der Waals surface area (Å²) in [5, 5.41) is 14.9. The van der Waals surface area contributed by atoms with Crippen LogP contribution in [0.4, 0.5) is 4.39 Å². The van der Waals surface area contributed by atoms with Gasteiger partial charge in [-0.15, -0.1) is 0 Å². The highest BCUT2D eigenvalue weighted by Crippen LogP contribution is 2.48. The van der Waals surface area contributed by atoms with Gasteiger partial charge in [0.05, 0.1) is 25.5 Å². The molecule has 0 amide bonds. The number of esters is 1. The number of nitrogens with zero attached hydrogens (tertiary/aromatic N) is 1. The van der Waals surface area contributed by atoms with E-state index in [2.05, 4.69) is 5.09 Å². The third-order valence-corrected chi connectivity index (χ3v) is 8.67. The lowest BCUT2D eigenvalue weighted by molar-refractivity contribution is -0.146. The molecule has 3 N–H and O–H groups in total. The fraction of sp³-hybridized carbons (Fsp3) is 0.500. The van der Waals surface area contributed by atoms with E-state index in [0.29, 0.717) is 18.0 Å². The monoisotopic (exact) mass is 635 g/mol. The van der Waals surface area contributed by atoms with E-state index in [4.69, 9.17) is 18.5 Å². The van der Waals surface area contributed by atoms with Gasteiger partial charge < -0.3 is 19.1 Å². The lowest BCUT2D eigenvalue weighted by atomic mass is 10.1. The van der Waals surface area contributed by atoms with E-state index in [0.717, 1.165) is 22.8 Å². The average Bonchev–Trinajstić information content (AvgIpc) is 3.35. The Morgan fingerprint density at radius 1 is 1.20 bits per heavy atom. The summed E-state index contributed by atoms with van der Waals surface area (Å²) in [5.74, 6) is -1.55. The number of H-pyrrole nitrogens is 1. The van der Waals surface area contributed by atoms with Gasteiger partial charge in [-0.1, -0.05) is 70.0 Å². The van der Waals surface area contributed by atoms with Crippen molar-refractivity contribution in [3.05, 3.63) is 75.3 Å². The highest BCUT2D eigenvalue weighted by molar-refractivity contribution is 7.52. The molecule has 1 aliphatic heterocycles. The van der Waals surface area contributed by atoms with E-state index in [1.807, 2.05) is 44.0 Å². The van der Waals surface area contributed by atoms with Crippen LogP contribution in [-0.4, -0.2) is 52.1 Å². The largest absolute Gasteiger partial charge is 0.465 e. The molecule has 5 atom stereocenters. The van der Waals surface area contributed by atoms with Crippen molar-refractivity contribution in [1.29, 1.82) is 0 Å². The summed E-state index contributed by atoms with van der Waals surface area (Å²) < 4.78 is 52.1. The Bertz CT molecular complexity index is 1590. The quantitative estimate of drug-likeness (QED) is 0.124. The molecule has 2 aromatic carbocycles. The predicted octanol–water partition coefficient (Wildman–Crippen LogP) is 4.42. The number of unbranched alkanes of at least 4 members (excludes halogenated alkanes) is 2. The van der Waals surface area contributed by atoms with Crippen molar-refractivity contribution in [2.45, 2.75) is 77.4 Å². The summed E-state index contributed by atoms with van der Waals surface area (Å²) in [5.41, 5.74) is -2.10. The van der Waals surface area contributed by atoms with E-state index in [1.165, 1.54) is 0 Å². The second kappa shape index (κ2) is 15.1. The van der Waals surface area contributed by atoms with Crippen molar-refractivity contribution in [2.75, 3.05) is 13.2 Å². The maximum Gasteiger partial charge on any atom is 0.459 e. The number of carbonyl (C=O) groups is 1. The number of hydrogen-bond donors (Lipinski definition) is 3. The van der Waals surface area contributed by atoms with E-state index < -0.39 is 61.9 Å². The van der Waals surface area contributed by atoms with Gasteiger partial charge >= 0.3 is 19.4 Å². The van der Waals surface area contributed by atoms with Crippen molar-refractivity contribution in [1.82, 2.24) is 14.6 Å². The molecule has 1 fully saturated rings. The molecule has 240 valence electrons. The highest BCUT2D eigenvalue weighted by atomic mass is 31.2. The number of benzene rings is 2. The maximum absolute atomic E-state index is 14.4. The molecule has 44 heavy (non-hydrogen) atoms. The Balaban J connectivity index is 1.57. The molecule has 1 saturated heterocycles. The van der Waals surface area contributed by atoms with Crippen LogP contribution in [0.25, 0.3) is 10.8 Å². The second-order valence-electron chi connectivity index (χ2n) is 11.1. The normalized spacial score (nSPS) is 20.5. The Kier molecular flexibility index (Phi) is 11.5. The SMILES string of the molecule is CCCCCOC(=O)[C@H](CC(C)C)NP(=O)(OC[C@H]1O[C@@H](n2cc(F)c(=O)[nH]c2=O)C[C@H]1O)Oc1cccc2ccccc12. The minimum absolute atomic E-state index is 0.0125. The maximum atomic E-state index is 14.4. The number of ether oxygens (including phenoxy) is 2. The molecule has 12 nitrogen and oxygen atoms in total. The average molecular weight is 636 g/mol. The summed E-state index contributed by atoms with van der Waals surface area (Å²) >= 11 is 0. The molecule has 1 unspecified atom stereocenters. The highest BCUT2D eigenvalue weighted by Gasteiger charge is 2.40. The standard InChI is InChI=1S/C30H39FN3O9P/c1-4-5-8-14-40-29(37)23(15-19(2)3)33-44(39,43-25-13-9-11-20-10-6-7-12-21(20)25)41-18-26-24(35)16-27(42-26)34-17-22(31)28(36)32-30(34)38/h6-7,9-13,17,19,23-24,26-27,35H,4-5,8,14-16,18H2,1-3H3,(H,33,39)(H,32,36,38)/t23-,24+,26+,27+,44?/m0/s1. The Hall–Kier alpha value is -3.35.